The summed E-state index contributed by atoms with van der Waals surface area (Å²) in [6, 6.07) is 16.4. The molecule has 0 aliphatic carbocycles. The molecule has 2 aromatic carbocycles. The average molecular weight is 399 g/mol. The van der Waals surface area contributed by atoms with Gasteiger partial charge in [-0.3, -0.25) is 9.69 Å². The molecule has 30 heavy (non-hydrogen) atoms. The number of imidazole rings is 1. The molecule has 5 rings (SSSR count). The van der Waals surface area contributed by atoms with Gasteiger partial charge < -0.3 is 14.8 Å². The van der Waals surface area contributed by atoms with Crippen LogP contribution in [0.2, 0.25) is 0 Å². The van der Waals surface area contributed by atoms with Gasteiger partial charge in [-0.05, 0) is 42.3 Å². The van der Waals surface area contributed by atoms with Crippen LogP contribution in [0.4, 0.5) is 11.4 Å². The van der Waals surface area contributed by atoms with Crippen molar-refractivity contribution in [2.75, 3.05) is 31.1 Å². The number of allylic oxidation sites excluding steroid dienone is 1. The maximum Gasteiger partial charge on any atom is 0.253 e. The minimum atomic E-state index is 0.107. The number of rotatable bonds is 4. The van der Waals surface area contributed by atoms with Crippen LogP contribution in [0, 0.1) is 0 Å². The van der Waals surface area contributed by atoms with Gasteiger partial charge in [0.15, 0.2) is 0 Å². The number of aromatic nitrogens is 2. The molecule has 1 saturated heterocycles. The smallest absolute Gasteiger partial charge is 0.253 e. The average Bonchev–Trinajstić information content (AvgIpc) is 3.32. The largest absolute Gasteiger partial charge is 0.351 e. The zero-order chi connectivity index (χ0) is 20.3. The number of hydrogen-bond donors (Lipinski definition) is 1. The SMILES string of the molecule is O=C(c1ccc(N2C=CCc3ccccc32)cc1)N1CCN(Cc2c[nH]cn2)CC1. The van der Waals surface area contributed by atoms with Crippen molar-refractivity contribution in [2.24, 2.45) is 0 Å². The van der Waals surface area contributed by atoms with E-state index in [2.05, 4.69) is 56.3 Å². The highest BCUT2D eigenvalue weighted by Gasteiger charge is 2.23. The fourth-order valence-electron chi connectivity index (χ4n) is 4.17. The van der Waals surface area contributed by atoms with E-state index in [4.69, 9.17) is 0 Å². The van der Waals surface area contributed by atoms with Crippen molar-refractivity contribution in [3.63, 3.8) is 0 Å². The summed E-state index contributed by atoms with van der Waals surface area (Å²) in [5.41, 5.74) is 5.37. The minimum absolute atomic E-state index is 0.107. The van der Waals surface area contributed by atoms with E-state index < -0.39 is 0 Å². The van der Waals surface area contributed by atoms with Gasteiger partial charge in [0, 0.05) is 62.1 Å². The van der Waals surface area contributed by atoms with Crippen LogP contribution in [-0.2, 0) is 13.0 Å². The summed E-state index contributed by atoms with van der Waals surface area (Å²) in [6.45, 7) is 4.05. The van der Waals surface area contributed by atoms with Crippen molar-refractivity contribution in [1.29, 1.82) is 0 Å². The minimum Gasteiger partial charge on any atom is -0.351 e. The number of para-hydroxylation sites is 1. The fourth-order valence-corrected chi connectivity index (χ4v) is 4.17. The van der Waals surface area contributed by atoms with Gasteiger partial charge in [-0.25, -0.2) is 4.98 Å². The van der Waals surface area contributed by atoms with E-state index in [0.717, 1.165) is 56.1 Å². The molecule has 6 nitrogen and oxygen atoms in total. The van der Waals surface area contributed by atoms with Gasteiger partial charge in [-0.15, -0.1) is 0 Å². The number of carbonyl (C=O) groups is 1. The number of anilines is 2. The lowest BCUT2D eigenvalue weighted by atomic mass is 10.0. The highest BCUT2D eigenvalue weighted by molar-refractivity contribution is 5.94. The molecule has 1 N–H and O–H groups in total. The first-order valence-corrected chi connectivity index (χ1v) is 10.4. The number of benzene rings is 2. The Hall–Kier alpha value is -3.38. The first-order chi connectivity index (χ1) is 14.8. The van der Waals surface area contributed by atoms with E-state index in [9.17, 15) is 4.79 Å². The lowest BCUT2D eigenvalue weighted by Gasteiger charge is -2.34. The number of carbonyl (C=O) groups excluding carboxylic acids is 1. The predicted octanol–water partition coefficient (Wildman–Crippen LogP) is 3.58. The van der Waals surface area contributed by atoms with Gasteiger partial charge in [0.1, 0.15) is 0 Å². The summed E-state index contributed by atoms with van der Waals surface area (Å²) in [6.07, 6.45) is 8.86. The van der Waals surface area contributed by atoms with Crippen molar-refractivity contribution >= 4 is 17.3 Å². The lowest BCUT2D eigenvalue weighted by molar-refractivity contribution is 0.0627. The van der Waals surface area contributed by atoms with Crippen LogP contribution in [0.15, 0.2) is 73.3 Å². The monoisotopic (exact) mass is 399 g/mol. The number of nitrogens with one attached hydrogen (secondary N) is 1. The van der Waals surface area contributed by atoms with Crippen LogP contribution < -0.4 is 4.90 Å². The Bertz CT molecular complexity index is 1030. The third kappa shape index (κ3) is 3.74. The summed E-state index contributed by atoms with van der Waals surface area (Å²) in [7, 11) is 0. The Morgan fingerprint density at radius 3 is 2.57 bits per heavy atom. The van der Waals surface area contributed by atoms with Gasteiger partial charge in [0.2, 0.25) is 0 Å². The van der Waals surface area contributed by atoms with E-state index in [0.29, 0.717) is 0 Å². The van der Waals surface area contributed by atoms with E-state index in [-0.39, 0.29) is 5.91 Å². The van der Waals surface area contributed by atoms with Crippen LogP contribution in [0.5, 0.6) is 0 Å². The number of hydrogen-bond acceptors (Lipinski definition) is 4. The number of aromatic amines is 1. The molecule has 0 atom stereocenters. The molecular formula is C24H25N5O. The molecule has 1 fully saturated rings. The fraction of sp³-hybridized carbons (Fsp3) is 0.250. The second-order valence-electron chi connectivity index (χ2n) is 7.76. The Labute approximate surface area is 176 Å². The van der Waals surface area contributed by atoms with Crippen molar-refractivity contribution in [3.8, 4) is 0 Å². The van der Waals surface area contributed by atoms with Crippen LogP contribution in [0.3, 0.4) is 0 Å². The van der Waals surface area contributed by atoms with E-state index in [1.165, 1.54) is 11.3 Å². The van der Waals surface area contributed by atoms with Crippen molar-refractivity contribution in [1.82, 2.24) is 19.8 Å². The van der Waals surface area contributed by atoms with Gasteiger partial charge in [0.25, 0.3) is 5.91 Å². The molecule has 3 aromatic rings. The van der Waals surface area contributed by atoms with Gasteiger partial charge >= 0.3 is 0 Å². The Morgan fingerprint density at radius 2 is 1.80 bits per heavy atom. The predicted molar refractivity (Wildman–Crippen MR) is 118 cm³/mol. The topological polar surface area (TPSA) is 55.5 Å². The summed E-state index contributed by atoms with van der Waals surface area (Å²) >= 11 is 0. The summed E-state index contributed by atoms with van der Waals surface area (Å²) in [4.78, 5) is 26.7. The van der Waals surface area contributed by atoms with Gasteiger partial charge in [0.05, 0.1) is 12.0 Å². The number of H-pyrrole nitrogens is 1. The van der Waals surface area contributed by atoms with Crippen LogP contribution in [0.25, 0.3) is 0 Å². The quantitative estimate of drug-likeness (QED) is 0.729. The first-order valence-electron chi connectivity index (χ1n) is 10.4. The molecule has 3 heterocycles. The Morgan fingerprint density at radius 1 is 1.00 bits per heavy atom. The third-order valence-corrected chi connectivity index (χ3v) is 5.84. The van der Waals surface area contributed by atoms with Gasteiger partial charge in [-0.1, -0.05) is 24.3 Å². The Kier molecular flexibility index (Phi) is 5.07. The van der Waals surface area contributed by atoms with Crippen molar-refractivity contribution < 1.29 is 4.79 Å². The molecule has 0 spiro atoms. The summed E-state index contributed by atoms with van der Waals surface area (Å²) in [5, 5.41) is 0. The normalized spacial score (nSPS) is 16.5. The molecule has 2 aliphatic heterocycles. The summed E-state index contributed by atoms with van der Waals surface area (Å²) in [5.74, 6) is 0.107. The zero-order valence-corrected chi connectivity index (χ0v) is 16.9. The molecule has 0 radical (unpaired) electrons. The molecular weight excluding hydrogens is 374 g/mol. The molecule has 152 valence electrons. The number of nitrogens with zero attached hydrogens (tertiary/aromatic N) is 4. The lowest BCUT2D eigenvalue weighted by Crippen LogP contribution is -2.48. The van der Waals surface area contributed by atoms with Crippen LogP contribution >= 0.6 is 0 Å². The van der Waals surface area contributed by atoms with Crippen molar-refractivity contribution in [2.45, 2.75) is 13.0 Å². The first kappa shape index (κ1) is 18.6. The van der Waals surface area contributed by atoms with Crippen LogP contribution in [-0.4, -0.2) is 51.9 Å². The van der Waals surface area contributed by atoms with E-state index >= 15 is 0 Å². The van der Waals surface area contributed by atoms with Crippen LogP contribution in [0.1, 0.15) is 21.6 Å². The molecule has 2 aliphatic rings. The molecule has 0 bridgehead atoms. The highest BCUT2D eigenvalue weighted by Crippen LogP contribution is 2.32. The van der Waals surface area contributed by atoms with E-state index in [1.807, 2.05) is 35.4 Å². The Balaban J connectivity index is 1.23. The van der Waals surface area contributed by atoms with Crippen molar-refractivity contribution in [3.05, 3.63) is 90.2 Å². The second kappa shape index (κ2) is 8.16. The highest BCUT2D eigenvalue weighted by atomic mass is 16.2. The maximum absolute atomic E-state index is 13.0. The number of amides is 1. The zero-order valence-electron chi connectivity index (χ0n) is 16.9. The van der Waals surface area contributed by atoms with E-state index in [1.54, 1.807) is 6.33 Å². The maximum atomic E-state index is 13.0. The molecule has 6 heteroatoms. The number of fused-ring (bicyclic) bond motifs is 1. The molecule has 0 saturated carbocycles. The molecule has 0 unspecified atom stereocenters. The number of piperazine rings is 1. The standard InChI is InChI=1S/C24H25N5O/c30-24(28-14-12-27(13-15-28)17-21-16-25-18-26-21)20-7-9-22(10-8-20)29-11-3-5-19-4-1-2-6-23(19)29/h1-4,6-11,16,18H,5,12-15,17H2,(H,25,26). The third-order valence-electron chi connectivity index (χ3n) is 5.84. The second-order valence-corrected chi connectivity index (χ2v) is 7.76. The molecule has 1 amide bonds. The summed E-state index contributed by atoms with van der Waals surface area (Å²) < 4.78 is 0. The molecule has 1 aromatic heterocycles. The van der Waals surface area contributed by atoms with Gasteiger partial charge in [-0.2, -0.15) is 0 Å².